The molecular weight excluding hydrogens is 757 g/mol. The lowest BCUT2D eigenvalue weighted by Crippen LogP contribution is -2.21. The third-order valence-electron chi connectivity index (χ3n) is 9.40. The molecule has 0 aromatic heterocycles. The fourth-order valence-corrected chi connectivity index (χ4v) is 6.28. The molecule has 7 aromatic rings. The third-order valence-corrected chi connectivity index (χ3v) is 9.40. The summed E-state index contributed by atoms with van der Waals surface area (Å²) in [5.41, 5.74) is 4.41. The smallest absolute Gasteiger partial charge is 0.255 e. The molecule has 0 bridgehead atoms. The zero-order valence-electron chi connectivity index (χ0n) is 33.0. The minimum atomic E-state index is -0.478. The molecule has 300 valence electrons. The normalized spacial score (nSPS) is 10.4. The van der Waals surface area contributed by atoms with E-state index in [1.807, 2.05) is 91.0 Å². The fourth-order valence-electron chi connectivity index (χ4n) is 6.28. The Morgan fingerprint density at radius 1 is 0.317 bits per heavy atom. The number of anilines is 9. The Hall–Kier alpha value is -8.25. The third kappa shape index (κ3) is 9.47. The van der Waals surface area contributed by atoms with Crippen LogP contribution in [0.3, 0.4) is 0 Å². The lowest BCUT2D eigenvalue weighted by molar-refractivity contribution is 0.101. The van der Waals surface area contributed by atoms with Crippen LogP contribution in [0.1, 0.15) is 31.1 Å². The summed E-state index contributed by atoms with van der Waals surface area (Å²) in [5.74, 6) is 0.295. The van der Waals surface area contributed by atoms with Crippen molar-refractivity contribution >= 4 is 68.9 Å². The summed E-state index contributed by atoms with van der Waals surface area (Å²) in [6, 6.07) is 48.0. The van der Waals surface area contributed by atoms with Crippen molar-refractivity contribution in [3.05, 3.63) is 180 Å². The van der Waals surface area contributed by atoms with Crippen molar-refractivity contribution in [2.24, 2.45) is 0 Å². The van der Waals surface area contributed by atoms with Gasteiger partial charge in [-0.1, -0.05) is 54.6 Å². The second-order valence-electron chi connectivity index (χ2n) is 13.3. The molecule has 0 saturated carbocycles. The maximum Gasteiger partial charge on any atom is 0.255 e. The summed E-state index contributed by atoms with van der Waals surface area (Å²) >= 11 is 0. The Kier molecular flexibility index (Phi) is 12.5. The van der Waals surface area contributed by atoms with Gasteiger partial charge in [-0.2, -0.15) is 0 Å². The van der Waals surface area contributed by atoms with Crippen molar-refractivity contribution in [3.8, 4) is 17.2 Å². The Labute approximate surface area is 347 Å². The number of benzene rings is 7. The van der Waals surface area contributed by atoms with E-state index in [1.165, 1.54) is 0 Å². The van der Waals surface area contributed by atoms with Gasteiger partial charge in [0.15, 0.2) is 0 Å². The molecule has 0 atom stereocenters. The summed E-state index contributed by atoms with van der Waals surface area (Å²) in [6.45, 7) is 0. The van der Waals surface area contributed by atoms with Gasteiger partial charge in [-0.05, 0) is 109 Å². The fraction of sp³-hybridized carbons (Fsp3) is 0.0625. The first kappa shape index (κ1) is 40.0. The topological polar surface area (TPSA) is 151 Å². The quantitative estimate of drug-likeness (QED) is 0.0595. The average Bonchev–Trinajstić information content (AvgIpc) is 3.30. The molecule has 60 heavy (non-hydrogen) atoms. The van der Waals surface area contributed by atoms with Gasteiger partial charge >= 0.3 is 0 Å². The van der Waals surface area contributed by atoms with Crippen molar-refractivity contribution in [1.29, 1.82) is 0 Å². The maximum absolute atomic E-state index is 14.4. The van der Waals surface area contributed by atoms with Crippen LogP contribution in [0, 0.1) is 0 Å². The number of carbonyl (C=O) groups excluding carboxylic acids is 3. The van der Waals surface area contributed by atoms with Gasteiger partial charge in [-0.15, -0.1) is 0 Å². The van der Waals surface area contributed by atoms with Gasteiger partial charge in [0.25, 0.3) is 17.7 Å². The Bertz CT molecular complexity index is 2260. The highest BCUT2D eigenvalue weighted by atomic mass is 16.5. The largest absolute Gasteiger partial charge is 0.497 e. The van der Waals surface area contributed by atoms with E-state index >= 15 is 0 Å². The Morgan fingerprint density at radius 3 is 0.767 bits per heavy atom. The highest BCUT2D eigenvalue weighted by molar-refractivity contribution is 6.22. The van der Waals surface area contributed by atoms with Crippen LogP contribution in [0.15, 0.2) is 164 Å². The van der Waals surface area contributed by atoms with Gasteiger partial charge < -0.3 is 46.1 Å². The second kappa shape index (κ2) is 18.8. The molecule has 12 nitrogen and oxygen atoms in total. The van der Waals surface area contributed by atoms with E-state index < -0.39 is 17.7 Å². The monoisotopic (exact) mass is 798 g/mol. The minimum Gasteiger partial charge on any atom is -0.497 e. The first-order chi connectivity index (χ1) is 29.3. The number of rotatable bonds is 15. The van der Waals surface area contributed by atoms with Crippen molar-refractivity contribution in [2.45, 2.75) is 0 Å². The summed E-state index contributed by atoms with van der Waals surface area (Å²) in [4.78, 5) is 43.2. The molecule has 0 radical (unpaired) electrons. The molecule has 0 unspecified atom stereocenters. The van der Waals surface area contributed by atoms with Crippen molar-refractivity contribution in [3.63, 3.8) is 0 Å². The summed E-state index contributed by atoms with van der Waals surface area (Å²) in [6.07, 6.45) is 0. The first-order valence-electron chi connectivity index (χ1n) is 18.9. The standard InChI is InChI=1S/C48H42N6O6/c1-58-37-25-19-31(20-26-37)46(55)52-43-40(49-34-13-7-4-8-14-34)44(53-47(56)32-21-27-38(59-2)28-22-32)42(51-36-17-11-6-12-18-36)45(41(43)50-35-15-9-5-10-16-35)54-48(57)33-23-29-39(60-3)30-24-33/h4-30,49-51H,1-3H3,(H,52,55)(H,53,56)(H,54,57). The highest BCUT2D eigenvalue weighted by Crippen LogP contribution is 2.53. The molecule has 6 N–H and O–H groups in total. The number of amides is 3. The number of nitrogens with one attached hydrogen (secondary N) is 6. The van der Waals surface area contributed by atoms with Gasteiger partial charge in [0.05, 0.1) is 55.5 Å². The SMILES string of the molecule is COc1ccc(C(=O)Nc2c(Nc3ccccc3)c(NC(=O)c3ccc(OC)cc3)c(Nc3ccccc3)c(NC(=O)c3ccc(OC)cc3)c2Nc2ccccc2)cc1. The predicted molar refractivity (Wildman–Crippen MR) is 238 cm³/mol. The van der Waals surface area contributed by atoms with Crippen molar-refractivity contribution in [1.82, 2.24) is 0 Å². The summed E-state index contributed by atoms with van der Waals surface area (Å²) < 4.78 is 16.1. The van der Waals surface area contributed by atoms with Crippen molar-refractivity contribution in [2.75, 3.05) is 53.2 Å². The first-order valence-corrected chi connectivity index (χ1v) is 18.9. The lowest BCUT2D eigenvalue weighted by atomic mass is 10.0. The molecular formula is C48H42N6O6. The number of para-hydroxylation sites is 3. The van der Waals surface area contributed by atoms with E-state index in [0.717, 1.165) is 0 Å². The van der Waals surface area contributed by atoms with E-state index in [-0.39, 0.29) is 17.1 Å². The van der Waals surface area contributed by atoms with E-state index in [2.05, 4.69) is 31.9 Å². The van der Waals surface area contributed by atoms with Crippen LogP contribution in [0.2, 0.25) is 0 Å². The molecule has 0 aliphatic rings. The van der Waals surface area contributed by atoms with Gasteiger partial charge in [-0.25, -0.2) is 0 Å². The minimum absolute atomic E-state index is 0.206. The molecule has 0 spiro atoms. The molecule has 7 aromatic carbocycles. The predicted octanol–water partition coefficient (Wildman–Crippen LogP) is 10.7. The molecule has 7 rings (SSSR count). The van der Waals surface area contributed by atoms with E-state index in [0.29, 0.717) is 68.1 Å². The lowest BCUT2D eigenvalue weighted by Gasteiger charge is -2.29. The number of methoxy groups -OCH3 is 3. The molecule has 0 saturated heterocycles. The Morgan fingerprint density at radius 2 is 0.550 bits per heavy atom. The molecule has 0 heterocycles. The molecule has 12 heteroatoms. The van der Waals surface area contributed by atoms with Crippen LogP contribution in [0.25, 0.3) is 0 Å². The number of hydrogen-bond donors (Lipinski definition) is 6. The zero-order valence-corrected chi connectivity index (χ0v) is 33.0. The number of carbonyl (C=O) groups is 3. The zero-order chi connectivity index (χ0) is 41.8. The van der Waals surface area contributed by atoms with Crippen LogP contribution < -0.4 is 46.1 Å². The second-order valence-corrected chi connectivity index (χ2v) is 13.3. The average molecular weight is 799 g/mol. The van der Waals surface area contributed by atoms with Gasteiger partial charge in [0, 0.05) is 33.8 Å². The van der Waals surface area contributed by atoms with Gasteiger partial charge in [0.2, 0.25) is 0 Å². The molecule has 3 amide bonds. The van der Waals surface area contributed by atoms with Gasteiger partial charge in [-0.3, -0.25) is 14.4 Å². The highest BCUT2D eigenvalue weighted by Gasteiger charge is 2.29. The maximum atomic E-state index is 14.4. The molecule has 0 fully saturated rings. The molecule has 0 aliphatic heterocycles. The van der Waals surface area contributed by atoms with E-state index in [1.54, 1.807) is 94.1 Å². The van der Waals surface area contributed by atoms with Crippen LogP contribution in [0.4, 0.5) is 51.2 Å². The van der Waals surface area contributed by atoms with Crippen LogP contribution >= 0.6 is 0 Å². The summed E-state index contributed by atoms with van der Waals surface area (Å²) in [7, 11) is 4.64. The Balaban J connectivity index is 1.53. The van der Waals surface area contributed by atoms with Crippen LogP contribution in [-0.2, 0) is 0 Å². The number of ether oxygens (including phenoxy) is 3. The molecule has 0 aliphatic carbocycles. The van der Waals surface area contributed by atoms with E-state index in [9.17, 15) is 14.4 Å². The number of hydrogen-bond acceptors (Lipinski definition) is 9. The van der Waals surface area contributed by atoms with Crippen molar-refractivity contribution < 1.29 is 28.6 Å². The van der Waals surface area contributed by atoms with Crippen LogP contribution in [0.5, 0.6) is 17.2 Å². The van der Waals surface area contributed by atoms with Crippen LogP contribution in [-0.4, -0.2) is 39.1 Å². The van der Waals surface area contributed by atoms with Gasteiger partial charge in [0.1, 0.15) is 17.2 Å². The van der Waals surface area contributed by atoms with E-state index in [4.69, 9.17) is 14.2 Å². The summed E-state index contributed by atoms with van der Waals surface area (Å²) in [5, 5.41) is 19.9.